The van der Waals surface area contributed by atoms with Crippen molar-refractivity contribution in [2.75, 3.05) is 13.2 Å². The highest BCUT2D eigenvalue weighted by molar-refractivity contribution is 5.27. The van der Waals surface area contributed by atoms with Crippen molar-refractivity contribution in [3.63, 3.8) is 0 Å². The van der Waals surface area contributed by atoms with Crippen LogP contribution in [-0.2, 0) is 0 Å². The Balaban J connectivity index is 2.24. The highest BCUT2D eigenvalue weighted by Gasteiger charge is 2.03. The van der Waals surface area contributed by atoms with Crippen LogP contribution in [0.3, 0.4) is 0 Å². The van der Waals surface area contributed by atoms with Crippen LogP contribution in [0.25, 0.3) is 0 Å². The summed E-state index contributed by atoms with van der Waals surface area (Å²) in [5, 5.41) is 21.2. The van der Waals surface area contributed by atoms with Crippen LogP contribution < -0.4 is 5.32 Å². The predicted molar refractivity (Wildman–Crippen MR) is 65.5 cm³/mol. The quantitative estimate of drug-likeness (QED) is 0.621. The third-order valence-corrected chi connectivity index (χ3v) is 2.68. The number of aliphatic hydroxyl groups excluding tert-OH is 1. The summed E-state index contributed by atoms with van der Waals surface area (Å²) in [5.74, 6) is 0.305. The van der Waals surface area contributed by atoms with Crippen molar-refractivity contribution in [3.8, 4) is 5.75 Å². The van der Waals surface area contributed by atoms with E-state index in [4.69, 9.17) is 10.2 Å². The number of hydrogen-bond acceptors (Lipinski definition) is 3. The van der Waals surface area contributed by atoms with Crippen LogP contribution in [0.15, 0.2) is 24.3 Å². The maximum absolute atomic E-state index is 9.17. The van der Waals surface area contributed by atoms with Crippen molar-refractivity contribution < 1.29 is 10.2 Å². The second kappa shape index (κ2) is 7.25. The van der Waals surface area contributed by atoms with Gasteiger partial charge < -0.3 is 15.5 Å². The first kappa shape index (κ1) is 13.0. The number of nitrogens with one attached hydrogen (secondary N) is 1. The molecule has 0 aromatic heterocycles. The Labute approximate surface area is 97.1 Å². The first-order valence-electron chi connectivity index (χ1n) is 5.87. The van der Waals surface area contributed by atoms with Crippen molar-refractivity contribution >= 4 is 0 Å². The van der Waals surface area contributed by atoms with Gasteiger partial charge in [0.1, 0.15) is 5.75 Å². The van der Waals surface area contributed by atoms with E-state index in [1.807, 2.05) is 12.1 Å². The molecule has 16 heavy (non-hydrogen) atoms. The number of benzene rings is 1. The number of unbranched alkanes of at least 4 members (excludes halogenated alkanes) is 2. The monoisotopic (exact) mass is 223 g/mol. The Hall–Kier alpha value is -1.06. The fourth-order valence-electron chi connectivity index (χ4n) is 1.61. The van der Waals surface area contributed by atoms with Crippen molar-refractivity contribution in [2.24, 2.45) is 0 Å². The lowest BCUT2D eigenvalue weighted by atomic mass is 10.1. The first-order chi connectivity index (χ1) is 7.74. The molecule has 0 saturated carbocycles. The van der Waals surface area contributed by atoms with Crippen molar-refractivity contribution in [1.82, 2.24) is 5.32 Å². The molecule has 0 bridgehead atoms. The van der Waals surface area contributed by atoms with Gasteiger partial charge in [-0.25, -0.2) is 0 Å². The van der Waals surface area contributed by atoms with E-state index < -0.39 is 0 Å². The SMILES string of the molecule is CC(NCCCCCO)c1ccc(O)cc1. The van der Waals surface area contributed by atoms with Gasteiger partial charge in [0.25, 0.3) is 0 Å². The molecule has 0 aliphatic carbocycles. The smallest absolute Gasteiger partial charge is 0.115 e. The van der Waals surface area contributed by atoms with Gasteiger partial charge in [0, 0.05) is 12.6 Å². The van der Waals surface area contributed by atoms with E-state index >= 15 is 0 Å². The molecule has 1 atom stereocenters. The predicted octanol–water partition coefficient (Wildman–Crippen LogP) is 2.21. The summed E-state index contributed by atoms with van der Waals surface area (Å²) < 4.78 is 0. The Morgan fingerprint density at radius 1 is 1.12 bits per heavy atom. The van der Waals surface area contributed by atoms with E-state index in [0.717, 1.165) is 25.8 Å². The third-order valence-electron chi connectivity index (χ3n) is 2.68. The van der Waals surface area contributed by atoms with Gasteiger partial charge in [-0.05, 0) is 50.4 Å². The highest BCUT2D eigenvalue weighted by atomic mass is 16.3. The number of rotatable bonds is 7. The minimum atomic E-state index is 0.285. The average molecular weight is 223 g/mol. The summed E-state index contributed by atoms with van der Waals surface area (Å²) in [5.41, 5.74) is 1.18. The van der Waals surface area contributed by atoms with Gasteiger partial charge in [-0.15, -0.1) is 0 Å². The maximum Gasteiger partial charge on any atom is 0.115 e. The van der Waals surface area contributed by atoms with E-state index in [1.165, 1.54) is 5.56 Å². The zero-order chi connectivity index (χ0) is 11.8. The molecule has 1 aromatic rings. The molecular weight excluding hydrogens is 202 g/mol. The molecule has 0 amide bonds. The van der Waals surface area contributed by atoms with Crippen LogP contribution in [0.5, 0.6) is 5.75 Å². The molecule has 0 radical (unpaired) electrons. The number of aromatic hydroxyl groups is 1. The molecule has 1 rings (SSSR count). The van der Waals surface area contributed by atoms with Gasteiger partial charge >= 0.3 is 0 Å². The minimum Gasteiger partial charge on any atom is -0.508 e. The topological polar surface area (TPSA) is 52.5 Å². The molecular formula is C13H21NO2. The Kier molecular flexibility index (Phi) is 5.90. The molecule has 1 unspecified atom stereocenters. The van der Waals surface area contributed by atoms with Crippen LogP contribution in [0.1, 0.15) is 37.8 Å². The molecule has 90 valence electrons. The number of phenolic OH excluding ortho intramolecular Hbond substituents is 1. The van der Waals surface area contributed by atoms with E-state index in [-0.39, 0.29) is 6.61 Å². The summed E-state index contributed by atoms with van der Waals surface area (Å²) in [6, 6.07) is 7.58. The summed E-state index contributed by atoms with van der Waals surface area (Å²) in [7, 11) is 0. The van der Waals surface area contributed by atoms with E-state index in [9.17, 15) is 0 Å². The fraction of sp³-hybridized carbons (Fsp3) is 0.538. The molecule has 3 nitrogen and oxygen atoms in total. The normalized spacial score (nSPS) is 12.6. The second-order valence-electron chi connectivity index (χ2n) is 4.05. The van der Waals surface area contributed by atoms with Crippen LogP contribution in [0.2, 0.25) is 0 Å². The van der Waals surface area contributed by atoms with Gasteiger partial charge in [0.15, 0.2) is 0 Å². The highest BCUT2D eigenvalue weighted by Crippen LogP contribution is 2.16. The molecule has 1 aromatic carbocycles. The number of phenols is 1. The minimum absolute atomic E-state index is 0.285. The Bertz CT molecular complexity index is 284. The molecule has 0 heterocycles. The van der Waals surface area contributed by atoms with Gasteiger partial charge in [-0.2, -0.15) is 0 Å². The lowest BCUT2D eigenvalue weighted by Gasteiger charge is -2.14. The van der Waals surface area contributed by atoms with Crippen LogP contribution in [0.4, 0.5) is 0 Å². The molecule has 0 saturated heterocycles. The average Bonchev–Trinajstić information content (AvgIpc) is 2.29. The number of hydrogen-bond donors (Lipinski definition) is 3. The third kappa shape index (κ3) is 4.64. The van der Waals surface area contributed by atoms with Crippen LogP contribution in [0, 0.1) is 0 Å². The zero-order valence-corrected chi connectivity index (χ0v) is 9.82. The molecule has 3 heteroatoms. The maximum atomic E-state index is 9.17. The number of aliphatic hydroxyl groups is 1. The van der Waals surface area contributed by atoms with E-state index in [1.54, 1.807) is 12.1 Å². The van der Waals surface area contributed by atoms with Gasteiger partial charge in [0.05, 0.1) is 0 Å². The second-order valence-corrected chi connectivity index (χ2v) is 4.05. The summed E-state index contributed by atoms with van der Waals surface area (Å²) in [4.78, 5) is 0. The van der Waals surface area contributed by atoms with Crippen molar-refractivity contribution in [1.29, 1.82) is 0 Å². The van der Waals surface area contributed by atoms with E-state index in [0.29, 0.717) is 11.8 Å². The zero-order valence-electron chi connectivity index (χ0n) is 9.82. The summed E-state index contributed by atoms with van der Waals surface area (Å²) in [6.45, 7) is 3.36. The molecule has 3 N–H and O–H groups in total. The van der Waals surface area contributed by atoms with Gasteiger partial charge in [0.2, 0.25) is 0 Å². The van der Waals surface area contributed by atoms with Gasteiger partial charge in [-0.3, -0.25) is 0 Å². The lowest BCUT2D eigenvalue weighted by molar-refractivity contribution is 0.282. The first-order valence-corrected chi connectivity index (χ1v) is 5.87. The largest absolute Gasteiger partial charge is 0.508 e. The van der Waals surface area contributed by atoms with Crippen LogP contribution >= 0.6 is 0 Å². The summed E-state index contributed by atoms with van der Waals surface area (Å²) in [6.07, 6.45) is 3.03. The lowest BCUT2D eigenvalue weighted by Crippen LogP contribution is -2.19. The molecule has 0 spiro atoms. The Morgan fingerprint density at radius 2 is 1.81 bits per heavy atom. The fourth-order valence-corrected chi connectivity index (χ4v) is 1.61. The molecule has 0 aliphatic heterocycles. The Morgan fingerprint density at radius 3 is 2.44 bits per heavy atom. The molecule has 0 aliphatic rings. The van der Waals surface area contributed by atoms with Crippen LogP contribution in [-0.4, -0.2) is 23.4 Å². The molecule has 0 fully saturated rings. The van der Waals surface area contributed by atoms with E-state index in [2.05, 4.69) is 12.2 Å². The van der Waals surface area contributed by atoms with Crippen molar-refractivity contribution in [3.05, 3.63) is 29.8 Å². The standard InChI is InChI=1S/C13H21NO2/c1-11(14-9-3-2-4-10-15)12-5-7-13(16)8-6-12/h5-8,11,14-16H,2-4,9-10H2,1H3. The van der Waals surface area contributed by atoms with Gasteiger partial charge in [-0.1, -0.05) is 12.1 Å². The van der Waals surface area contributed by atoms with Crippen molar-refractivity contribution in [2.45, 2.75) is 32.2 Å². The summed E-state index contributed by atoms with van der Waals surface area (Å²) >= 11 is 0.